The fourth-order valence-corrected chi connectivity index (χ4v) is 2.17. The summed E-state index contributed by atoms with van der Waals surface area (Å²) in [5, 5.41) is 2.89. The van der Waals surface area contributed by atoms with Gasteiger partial charge in [0.15, 0.2) is 5.76 Å². The third-order valence-electron chi connectivity index (χ3n) is 3.31. The molecule has 1 aliphatic rings. The van der Waals surface area contributed by atoms with Crippen LogP contribution in [0.1, 0.15) is 37.7 Å². The van der Waals surface area contributed by atoms with Gasteiger partial charge >= 0.3 is 5.97 Å². The molecule has 122 valence electrons. The minimum atomic E-state index is -0.816. The Morgan fingerprint density at radius 3 is 2.29 bits per heavy atom. The fourth-order valence-electron chi connectivity index (χ4n) is 2.17. The van der Waals surface area contributed by atoms with Gasteiger partial charge in [0, 0.05) is 6.54 Å². The van der Waals surface area contributed by atoms with E-state index < -0.39 is 23.7 Å². The lowest BCUT2D eigenvalue weighted by atomic mass is 10.1. The van der Waals surface area contributed by atoms with Gasteiger partial charge in [-0.05, 0) is 24.3 Å². The lowest BCUT2D eigenvalue weighted by molar-refractivity contribution is -0.168. The Labute approximate surface area is 135 Å². The molecule has 3 rings (SSSR count). The number of benzene rings is 1. The lowest BCUT2D eigenvalue weighted by Gasteiger charge is -2.12. The molecule has 3 amide bonds. The third-order valence-corrected chi connectivity index (χ3v) is 3.31. The van der Waals surface area contributed by atoms with Crippen LogP contribution in [-0.4, -0.2) is 35.3 Å². The number of amides is 3. The van der Waals surface area contributed by atoms with Crippen LogP contribution in [0.5, 0.6) is 0 Å². The number of imide groups is 1. The van der Waals surface area contributed by atoms with Crippen LogP contribution in [-0.2, 0) is 9.63 Å². The van der Waals surface area contributed by atoms with Crippen LogP contribution in [0.3, 0.4) is 0 Å². The summed E-state index contributed by atoms with van der Waals surface area (Å²) in [6, 6.07) is 9.22. The van der Waals surface area contributed by atoms with Gasteiger partial charge in [-0.25, -0.2) is 4.79 Å². The van der Waals surface area contributed by atoms with Crippen LogP contribution in [0.2, 0.25) is 0 Å². The highest BCUT2D eigenvalue weighted by atomic mass is 16.7. The van der Waals surface area contributed by atoms with Crippen molar-refractivity contribution in [2.24, 2.45) is 0 Å². The number of rotatable bonds is 5. The van der Waals surface area contributed by atoms with Gasteiger partial charge in [0.1, 0.15) is 0 Å². The van der Waals surface area contributed by atoms with Crippen molar-refractivity contribution < 1.29 is 28.4 Å². The highest BCUT2D eigenvalue weighted by molar-refractivity contribution is 6.20. The number of carbonyl (C=O) groups is 4. The molecule has 8 nitrogen and oxygen atoms in total. The van der Waals surface area contributed by atoms with Crippen molar-refractivity contribution in [2.45, 2.75) is 6.42 Å². The van der Waals surface area contributed by atoms with Crippen molar-refractivity contribution in [3.63, 3.8) is 0 Å². The zero-order chi connectivity index (χ0) is 17.1. The minimum absolute atomic E-state index is 0.0263. The molecule has 24 heavy (non-hydrogen) atoms. The molecule has 0 saturated carbocycles. The maximum atomic E-state index is 12.0. The molecule has 0 aliphatic carbocycles. The Morgan fingerprint density at radius 1 is 1.04 bits per heavy atom. The van der Waals surface area contributed by atoms with E-state index in [1.807, 2.05) is 0 Å². The summed E-state index contributed by atoms with van der Waals surface area (Å²) in [5.74, 6) is -2.56. The lowest BCUT2D eigenvalue weighted by Crippen LogP contribution is -2.34. The summed E-state index contributed by atoms with van der Waals surface area (Å²) in [4.78, 5) is 52.2. The topological polar surface area (TPSA) is 106 Å². The van der Waals surface area contributed by atoms with E-state index in [4.69, 9.17) is 9.25 Å². The van der Waals surface area contributed by atoms with E-state index in [1.54, 1.807) is 18.2 Å². The Hall–Kier alpha value is -3.42. The maximum Gasteiger partial charge on any atom is 0.335 e. The average molecular weight is 328 g/mol. The summed E-state index contributed by atoms with van der Waals surface area (Å²) in [7, 11) is 0. The SMILES string of the molecule is O=C(CCNC(=O)c1ccco1)ON1C(=O)c2ccccc2C1=O. The van der Waals surface area contributed by atoms with Gasteiger partial charge in [-0.2, -0.15) is 0 Å². The standard InChI is InChI=1S/C16H12N2O6/c19-13(7-8-17-14(20)12-6-3-9-23-12)24-18-15(21)10-4-1-2-5-11(10)16(18)22/h1-6,9H,7-8H2,(H,17,20). The first kappa shape index (κ1) is 15.5. The van der Waals surface area contributed by atoms with Crippen molar-refractivity contribution in [3.8, 4) is 0 Å². The molecule has 8 heteroatoms. The molecule has 1 aliphatic heterocycles. The molecule has 0 bridgehead atoms. The normalized spacial score (nSPS) is 12.9. The summed E-state index contributed by atoms with van der Waals surface area (Å²) in [6.45, 7) is -0.0263. The van der Waals surface area contributed by atoms with Gasteiger partial charge in [-0.1, -0.05) is 17.2 Å². The van der Waals surface area contributed by atoms with Crippen molar-refractivity contribution in [3.05, 3.63) is 59.5 Å². The average Bonchev–Trinajstić information content (AvgIpc) is 3.19. The quantitative estimate of drug-likeness (QED) is 0.825. The molecule has 0 saturated heterocycles. The molecule has 0 radical (unpaired) electrons. The predicted molar refractivity (Wildman–Crippen MR) is 78.7 cm³/mol. The molecule has 2 aromatic rings. The summed E-state index contributed by atoms with van der Waals surface area (Å²) in [6.07, 6.45) is 1.14. The van der Waals surface area contributed by atoms with Crippen molar-refractivity contribution in [2.75, 3.05) is 6.54 Å². The van der Waals surface area contributed by atoms with Gasteiger partial charge in [0.25, 0.3) is 17.7 Å². The highest BCUT2D eigenvalue weighted by Crippen LogP contribution is 2.22. The molecule has 1 aromatic carbocycles. The van der Waals surface area contributed by atoms with E-state index in [9.17, 15) is 19.2 Å². The van der Waals surface area contributed by atoms with Crippen molar-refractivity contribution in [1.29, 1.82) is 0 Å². The largest absolute Gasteiger partial charge is 0.459 e. The molecule has 0 fully saturated rings. The van der Waals surface area contributed by atoms with Gasteiger partial charge < -0.3 is 14.6 Å². The zero-order valence-electron chi connectivity index (χ0n) is 12.4. The van der Waals surface area contributed by atoms with Crippen LogP contribution in [0.4, 0.5) is 0 Å². The number of furan rings is 1. The fraction of sp³-hybridized carbons (Fsp3) is 0.125. The van der Waals surface area contributed by atoms with Crippen LogP contribution in [0.25, 0.3) is 0 Å². The van der Waals surface area contributed by atoms with Gasteiger partial charge in [0.05, 0.1) is 23.8 Å². The second-order valence-electron chi connectivity index (χ2n) is 4.90. The summed E-state index contributed by atoms with van der Waals surface area (Å²) in [5.41, 5.74) is 0.364. The second kappa shape index (κ2) is 6.37. The summed E-state index contributed by atoms with van der Waals surface area (Å²) >= 11 is 0. The van der Waals surface area contributed by atoms with Gasteiger partial charge in [0.2, 0.25) is 0 Å². The van der Waals surface area contributed by atoms with E-state index in [-0.39, 0.29) is 29.9 Å². The zero-order valence-corrected chi connectivity index (χ0v) is 12.4. The number of carbonyl (C=O) groups excluding carboxylic acids is 4. The third kappa shape index (κ3) is 2.89. The molecule has 0 atom stereocenters. The van der Waals surface area contributed by atoms with E-state index in [2.05, 4.69) is 5.32 Å². The highest BCUT2D eigenvalue weighted by Gasteiger charge is 2.38. The predicted octanol–water partition coefficient (Wildman–Crippen LogP) is 1.15. The monoisotopic (exact) mass is 328 g/mol. The minimum Gasteiger partial charge on any atom is -0.459 e. The Morgan fingerprint density at radius 2 is 1.71 bits per heavy atom. The Bertz CT molecular complexity index is 777. The molecular formula is C16H12N2O6. The van der Waals surface area contributed by atoms with Gasteiger partial charge in [-0.15, -0.1) is 0 Å². The molecule has 0 spiro atoms. The van der Waals surface area contributed by atoms with Crippen molar-refractivity contribution >= 4 is 23.7 Å². The number of fused-ring (bicyclic) bond motifs is 1. The van der Waals surface area contributed by atoms with E-state index in [0.29, 0.717) is 5.06 Å². The Kier molecular flexibility index (Phi) is 4.11. The smallest absolute Gasteiger partial charge is 0.335 e. The van der Waals surface area contributed by atoms with Crippen LogP contribution in [0.15, 0.2) is 47.1 Å². The van der Waals surface area contributed by atoms with E-state index in [1.165, 1.54) is 24.5 Å². The van der Waals surface area contributed by atoms with Crippen LogP contribution < -0.4 is 5.32 Å². The molecular weight excluding hydrogens is 316 g/mol. The van der Waals surface area contributed by atoms with E-state index >= 15 is 0 Å². The van der Waals surface area contributed by atoms with Crippen LogP contribution >= 0.6 is 0 Å². The number of nitrogens with zero attached hydrogens (tertiary/aromatic N) is 1. The number of hydroxylamine groups is 2. The molecule has 1 aromatic heterocycles. The summed E-state index contributed by atoms with van der Waals surface area (Å²) < 4.78 is 4.90. The second-order valence-corrected chi connectivity index (χ2v) is 4.90. The van der Waals surface area contributed by atoms with Crippen molar-refractivity contribution in [1.82, 2.24) is 10.4 Å². The first-order valence-electron chi connectivity index (χ1n) is 7.08. The molecule has 0 unspecified atom stereocenters. The first-order valence-corrected chi connectivity index (χ1v) is 7.08. The number of hydrogen-bond donors (Lipinski definition) is 1. The van der Waals surface area contributed by atoms with Gasteiger partial charge in [-0.3, -0.25) is 14.4 Å². The molecule has 2 heterocycles. The number of nitrogens with one attached hydrogen (secondary N) is 1. The maximum absolute atomic E-state index is 12.0. The van der Waals surface area contributed by atoms with E-state index in [0.717, 1.165) is 0 Å². The molecule has 1 N–H and O–H groups in total. The van der Waals surface area contributed by atoms with Crippen LogP contribution in [0, 0.1) is 0 Å². The number of hydrogen-bond acceptors (Lipinski definition) is 6. The Balaban J connectivity index is 1.52. The first-order chi connectivity index (χ1) is 11.6.